The molecule has 0 fully saturated rings. The second kappa shape index (κ2) is 8.75. The molecule has 1 aliphatic carbocycles. The number of amides is 1. The smallest absolute Gasteiger partial charge is 0.347 e. The highest BCUT2D eigenvalue weighted by atomic mass is 19.4. The van der Waals surface area contributed by atoms with E-state index >= 15 is 0 Å². The van der Waals surface area contributed by atoms with Crippen molar-refractivity contribution in [2.24, 2.45) is 5.92 Å². The normalized spacial score (nSPS) is 19.3. The quantitative estimate of drug-likeness (QED) is 0.547. The lowest BCUT2D eigenvalue weighted by atomic mass is 9.99. The van der Waals surface area contributed by atoms with Gasteiger partial charge >= 0.3 is 6.18 Å². The summed E-state index contributed by atoms with van der Waals surface area (Å²) < 4.78 is 40.0. The van der Waals surface area contributed by atoms with Crippen molar-refractivity contribution in [3.05, 3.63) is 52.7 Å². The van der Waals surface area contributed by atoms with Crippen molar-refractivity contribution in [3.63, 3.8) is 0 Å². The SMILES string of the molecule is Cc1nc(NC2CCc3nn(Cc4ccc(C(F)(F)F)nc4)cc32)nc2c1NC(=O)[C@H](C(C)C)N2C. The van der Waals surface area contributed by atoms with Crippen molar-refractivity contribution in [3.8, 4) is 0 Å². The van der Waals surface area contributed by atoms with Crippen LogP contribution >= 0.6 is 0 Å². The van der Waals surface area contributed by atoms with Gasteiger partial charge in [0.2, 0.25) is 11.9 Å². The van der Waals surface area contributed by atoms with Crippen LogP contribution in [0, 0.1) is 12.8 Å². The largest absolute Gasteiger partial charge is 0.433 e. The molecule has 9 nitrogen and oxygen atoms in total. The Balaban J connectivity index is 1.34. The van der Waals surface area contributed by atoms with E-state index in [1.165, 1.54) is 12.3 Å². The Labute approximate surface area is 206 Å². The number of aryl methyl sites for hydroxylation is 2. The number of rotatable bonds is 5. The third-order valence-electron chi connectivity index (χ3n) is 6.65. The summed E-state index contributed by atoms with van der Waals surface area (Å²) in [6.07, 6.45) is 0.262. The van der Waals surface area contributed by atoms with Gasteiger partial charge in [-0.2, -0.15) is 23.3 Å². The molecule has 0 aromatic carbocycles. The molecule has 2 aliphatic rings. The van der Waals surface area contributed by atoms with Crippen LogP contribution < -0.4 is 15.5 Å². The number of hydrogen-bond acceptors (Lipinski definition) is 7. The minimum atomic E-state index is -4.46. The zero-order chi connectivity index (χ0) is 25.8. The molecule has 3 aromatic heterocycles. The number of hydrogen-bond donors (Lipinski definition) is 2. The van der Waals surface area contributed by atoms with Crippen LogP contribution in [0.25, 0.3) is 0 Å². The zero-order valence-electron chi connectivity index (χ0n) is 20.4. The van der Waals surface area contributed by atoms with Crippen molar-refractivity contribution in [2.45, 2.75) is 58.4 Å². The van der Waals surface area contributed by atoms with Gasteiger partial charge in [-0.3, -0.25) is 14.5 Å². The van der Waals surface area contributed by atoms with E-state index < -0.39 is 11.9 Å². The molecule has 12 heteroatoms. The van der Waals surface area contributed by atoms with E-state index in [0.717, 1.165) is 30.2 Å². The number of alkyl halides is 3. The molecule has 1 amide bonds. The molecule has 2 N–H and O–H groups in total. The van der Waals surface area contributed by atoms with Gasteiger partial charge in [-0.1, -0.05) is 19.9 Å². The van der Waals surface area contributed by atoms with E-state index in [-0.39, 0.29) is 23.9 Å². The highest BCUT2D eigenvalue weighted by molar-refractivity contribution is 6.03. The van der Waals surface area contributed by atoms with Crippen LogP contribution in [-0.2, 0) is 23.9 Å². The fourth-order valence-corrected chi connectivity index (χ4v) is 4.94. The minimum Gasteiger partial charge on any atom is -0.347 e. The summed E-state index contributed by atoms with van der Waals surface area (Å²) >= 11 is 0. The van der Waals surface area contributed by atoms with Gasteiger partial charge in [-0.05, 0) is 37.3 Å². The number of aromatic nitrogens is 5. The lowest BCUT2D eigenvalue weighted by Gasteiger charge is -2.37. The highest BCUT2D eigenvalue weighted by Crippen LogP contribution is 2.37. The molecule has 1 unspecified atom stereocenters. The van der Waals surface area contributed by atoms with Gasteiger partial charge in [0.05, 0.1) is 24.0 Å². The van der Waals surface area contributed by atoms with Crippen LogP contribution in [0.4, 0.5) is 30.6 Å². The van der Waals surface area contributed by atoms with Crippen molar-refractivity contribution < 1.29 is 18.0 Å². The van der Waals surface area contributed by atoms with Crippen LogP contribution in [0.1, 0.15) is 54.5 Å². The number of halogens is 3. The molecule has 3 aromatic rings. The number of carbonyl (C=O) groups is 1. The van der Waals surface area contributed by atoms with E-state index in [4.69, 9.17) is 4.98 Å². The van der Waals surface area contributed by atoms with Crippen molar-refractivity contribution in [2.75, 3.05) is 22.6 Å². The predicted octanol–water partition coefficient (Wildman–Crippen LogP) is 3.96. The molecule has 190 valence electrons. The summed E-state index contributed by atoms with van der Waals surface area (Å²) in [4.78, 5) is 27.3. The Hall–Kier alpha value is -3.70. The van der Waals surface area contributed by atoms with Gasteiger partial charge in [0.1, 0.15) is 17.4 Å². The first kappa shape index (κ1) is 24.0. The Morgan fingerprint density at radius 2 is 2.03 bits per heavy atom. The third-order valence-corrected chi connectivity index (χ3v) is 6.65. The first-order valence-electron chi connectivity index (χ1n) is 11.8. The number of carbonyl (C=O) groups excluding carboxylic acids is 1. The summed E-state index contributed by atoms with van der Waals surface area (Å²) in [5, 5.41) is 11.0. The maximum absolute atomic E-state index is 12.8. The predicted molar refractivity (Wildman–Crippen MR) is 128 cm³/mol. The summed E-state index contributed by atoms with van der Waals surface area (Å²) in [6, 6.07) is 2.02. The maximum Gasteiger partial charge on any atom is 0.433 e. The van der Waals surface area contributed by atoms with E-state index in [0.29, 0.717) is 35.3 Å². The van der Waals surface area contributed by atoms with Crippen LogP contribution in [0.3, 0.4) is 0 Å². The fourth-order valence-electron chi connectivity index (χ4n) is 4.94. The standard InChI is InChI=1S/C24H27F3N8O/c1-12(2)20-22(36)31-19-13(3)29-23(32-21(19)34(20)4)30-16-6-7-17-15(16)11-35(33-17)10-14-5-8-18(28-9-14)24(25,26)27/h5,8-9,11-12,16,20H,6-7,10H2,1-4H3,(H,31,36)(H,29,30,32)/t16?,20-/m0/s1. The molecule has 0 saturated carbocycles. The summed E-state index contributed by atoms with van der Waals surface area (Å²) in [7, 11) is 1.87. The fraction of sp³-hybridized carbons (Fsp3) is 0.458. The first-order valence-corrected chi connectivity index (χ1v) is 11.8. The van der Waals surface area contributed by atoms with Gasteiger partial charge in [-0.15, -0.1) is 0 Å². The molecule has 36 heavy (non-hydrogen) atoms. The van der Waals surface area contributed by atoms with E-state index in [1.54, 1.807) is 4.68 Å². The number of fused-ring (bicyclic) bond motifs is 2. The van der Waals surface area contributed by atoms with Gasteiger partial charge in [-0.25, -0.2) is 4.98 Å². The molecule has 4 heterocycles. The van der Waals surface area contributed by atoms with Gasteiger partial charge < -0.3 is 15.5 Å². The minimum absolute atomic E-state index is 0.0543. The van der Waals surface area contributed by atoms with E-state index in [1.807, 2.05) is 38.9 Å². The molecule has 2 atom stereocenters. The average molecular weight is 501 g/mol. The lowest BCUT2D eigenvalue weighted by molar-refractivity contribution is -0.141. The van der Waals surface area contributed by atoms with Gasteiger partial charge in [0.25, 0.3) is 0 Å². The molecule has 0 spiro atoms. The van der Waals surface area contributed by atoms with E-state index in [2.05, 4.69) is 25.7 Å². The maximum atomic E-state index is 12.8. The number of likely N-dealkylation sites (N-methyl/N-ethyl adjacent to an activating group) is 1. The van der Waals surface area contributed by atoms with Crippen LogP contribution in [0.15, 0.2) is 24.5 Å². The van der Waals surface area contributed by atoms with Crippen LogP contribution in [0.2, 0.25) is 0 Å². The van der Waals surface area contributed by atoms with E-state index in [9.17, 15) is 18.0 Å². The number of nitrogens with zero attached hydrogens (tertiary/aromatic N) is 6. The van der Waals surface area contributed by atoms with Crippen molar-refractivity contribution >= 4 is 23.4 Å². The molecule has 0 saturated heterocycles. The zero-order valence-corrected chi connectivity index (χ0v) is 20.4. The monoisotopic (exact) mass is 500 g/mol. The third kappa shape index (κ3) is 4.35. The Morgan fingerprint density at radius 3 is 2.69 bits per heavy atom. The van der Waals surface area contributed by atoms with Gasteiger partial charge in [0.15, 0.2) is 5.82 Å². The molecule has 1 aliphatic heterocycles. The number of pyridine rings is 1. The number of anilines is 3. The molecule has 5 rings (SSSR count). The molecular weight excluding hydrogens is 473 g/mol. The topological polar surface area (TPSA) is 101 Å². The lowest BCUT2D eigenvalue weighted by Crippen LogP contribution is -2.49. The molecule has 0 radical (unpaired) electrons. The molecular formula is C24H27F3N8O. The van der Waals surface area contributed by atoms with Crippen LogP contribution in [0.5, 0.6) is 0 Å². The van der Waals surface area contributed by atoms with Crippen molar-refractivity contribution in [1.82, 2.24) is 24.7 Å². The second-order valence-corrected chi connectivity index (χ2v) is 9.63. The first-order chi connectivity index (χ1) is 17.0. The summed E-state index contributed by atoms with van der Waals surface area (Å²) in [6.45, 7) is 6.15. The number of nitrogens with one attached hydrogen (secondary N) is 2. The summed E-state index contributed by atoms with van der Waals surface area (Å²) in [5.74, 6) is 1.18. The second-order valence-electron chi connectivity index (χ2n) is 9.63. The van der Waals surface area contributed by atoms with Gasteiger partial charge in [0, 0.05) is 25.0 Å². The highest BCUT2D eigenvalue weighted by Gasteiger charge is 2.36. The Bertz CT molecular complexity index is 1300. The van der Waals surface area contributed by atoms with Crippen LogP contribution in [-0.4, -0.2) is 43.7 Å². The summed E-state index contributed by atoms with van der Waals surface area (Å²) in [5.41, 5.74) is 2.96. The average Bonchev–Trinajstić information content (AvgIpc) is 3.35. The molecule has 0 bridgehead atoms. The van der Waals surface area contributed by atoms with Crippen molar-refractivity contribution in [1.29, 1.82) is 0 Å². The Morgan fingerprint density at radius 1 is 1.25 bits per heavy atom. The Kier molecular flexibility index (Phi) is 5.84.